The van der Waals surface area contributed by atoms with E-state index in [2.05, 4.69) is 20.8 Å². The Labute approximate surface area is 180 Å². The summed E-state index contributed by atoms with van der Waals surface area (Å²) in [6.45, 7) is 3.55. The van der Waals surface area contributed by atoms with Crippen molar-refractivity contribution in [3.63, 3.8) is 0 Å². The highest BCUT2D eigenvalue weighted by Crippen LogP contribution is 2.34. The first-order valence-electron chi connectivity index (χ1n) is 9.81. The highest BCUT2D eigenvalue weighted by atomic mass is 79.9. The first-order valence-corrected chi connectivity index (χ1v) is 12.0. The van der Waals surface area contributed by atoms with E-state index >= 15 is 0 Å². The van der Waals surface area contributed by atoms with Crippen LogP contribution in [0.2, 0.25) is 0 Å². The van der Waals surface area contributed by atoms with E-state index < -0.39 is 10.0 Å². The molecule has 2 aliphatic rings. The molecule has 2 aromatic rings. The Morgan fingerprint density at radius 3 is 2.45 bits per heavy atom. The third-order valence-corrected chi connectivity index (χ3v) is 7.87. The Kier molecular flexibility index (Phi) is 6.34. The molecule has 0 unspecified atom stereocenters. The van der Waals surface area contributed by atoms with Gasteiger partial charge in [-0.15, -0.1) is 0 Å². The molecule has 6 nitrogen and oxygen atoms in total. The Bertz CT molecular complexity index is 998. The van der Waals surface area contributed by atoms with Crippen LogP contribution < -0.4 is 4.90 Å². The molecular formula is C21H24BrN3O3S. The van der Waals surface area contributed by atoms with Gasteiger partial charge in [0, 0.05) is 42.4 Å². The van der Waals surface area contributed by atoms with Crippen molar-refractivity contribution in [3.05, 3.63) is 52.5 Å². The van der Waals surface area contributed by atoms with Crippen LogP contribution in [0.5, 0.6) is 0 Å². The molecule has 0 N–H and O–H groups in total. The quantitative estimate of drug-likeness (QED) is 0.614. The molecule has 154 valence electrons. The largest absolute Gasteiger partial charge is 0.379 e. The molecule has 8 heteroatoms. The molecule has 29 heavy (non-hydrogen) atoms. The van der Waals surface area contributed by atoms with Crippen molar-refractivity contribution < 1.29 is 13.2 Å². The van der Waals surface area contributed by atoms with E-state index in [0.717, 1.165) is 41.7 Å². The van der Waals surface area contributed by atoms with E-state index in [-0.39, 0.29) is 4.90 Å². The van der Waals surface area contributed by atoms with Crippen LogP contribution in [0.25, 0.3) is 0 Å². The van der Waals surface area contributed by atoms with Gasteiger partial charge in [0.25, 0.3) is 0 Å². The maximum absolute atomic E-state index is 13.1. The highest BCUT2D eigenvalue weighted by molar-refractivity contribution is 9.10. The zero-order valence-corrected chi connectivity index (χ0v) is 18.5. The maximum Gasteiger partial charge on any atom is 0.243 e. The van der Waals surface area contributed by atoms with Gasteiger partial charge in [0.15, 0.2) is 0 Å². The maximum atomic E-state index is 13.1. The second kappa shape index (κ2) is 8.95. The number of morpholine rings is 1. The molecule has 0 saturated carbocycles. The normalized spacial score (nSPS) is 18.6. The van der Waals surface area contributed by atoms with E-state index in [4.69, 9.17) is 9.73 Å². The van der Waals surface area contributed by atoms with Gasteiger partial charge < -0.3 is 9.64 Å². The van der Waals surface area contributed by atoms with Crippen LogP contribution in [-0.2, 0) is 14.8 Å². The number of ether oxygens (including phenoxy) is 1. The number of benzene rings is 2. The molecule has 0 amide bonds. The third kappa shape index (κ3) is 4.55. The lowest BCUT2D eigenvalue weighted by Gasteiger charge is -2.27. The lowest BCUT2D eigenvalue weighted by atomic mass is 10.2. The summed E-state index contributed by atoms with van der Waals surface area (Å²) in [6, 6.07) is 13.1. The summed E-state index contributed by atoms with van der Waals surface area (Å²) in [6.07, 6.45) is 4.06. The number of sulfonamides is 1. The summed E-state index contributed by atoms with van der Waals surface area (Å²) in [5.41, 5.74) is 2.60. The molecule has 2 saturated heterocycles. The van der Waals surface area contributed by atoms with Gasteiger partial charge in [-0.2, -0.15) is 4.31 Å². The number of aliphatic imine (C=N–C) groups is 1. The minimum Gasteiger partial charge on any atom is -0.379 e. The van der Waals surface area contributed by atoms with Gasteiger partial charge in [-0.3, -0.25) is 4.99 Å². The SMILES string of the molecule is O=S(=O)(c1ccc(N2CCCC2)c(N=Cc2ccccc2Br)c1)N1CCOCC1. The van der Waals surface area contributed by atoms with Crippen molar-refractivity contribution in [1.29, 1.82) is 0 Å². The van der Waals surface area contributed by atoms with Crippen molar-refractivity contribution in [2.45, 2.75) is 17.7 Å². The Morgan fingerprint density at radius 2 is 1.72 bits per heavy atom. The fourth-order valence-electron chi connectivity index (χ4n) is 3.65. The molecule has 0 bridgehead atoms. The average molecular weight is 478 g/mol. The van der Waals surface area contributed by atoms with E-state index in [0.29, 0.717) is 32.0 Å². The van der Waals surface area contributed by atoms with Gasteiger partial charge >= 0.3 is 0 Å². The topological polar surface area (TPSA) is 62.2 Å². The average Bonchev–Trinajstić information content (AvgIpc) is 3.28. The summed E-state index contributed by atoms with van der Waals surface area (Å²) < 4.78 is 33.9. The zero-order valence-electron chi connectivity index (χ0n) is 16.1. The summed E-state index contributed by atoms with van der Waals surface area (Å²) >= 11 is 3.54. The molecule has 2 aliphatic heterocycles. The number of hydrogen-bond acceptors (Lipinski definition) is 5. The van der Waals surface area contributed by atoms with Crippen LogP contribution in [0.4, 0.5) is 11.4 Å². The predicted molar refractivity (Wildman–Crippen MR) is 119 cm³/mol. The molecular weight excluding hydrogens is 454 g/mol. The second-order valence-electron chi connectivity index (χ2n) is 7.14. The zero-order chi connectivity index (χ0) is 20.3. The lowest BCUT2D eigenvalue weighted by Crippen LogP contribution is -2.40. The molecule has 2 aromatic carbocycles. The summed E-state index contributed by atoms with van der Waals surface area (Å²) in [7, 11) is -3.56. The molecule has 0 aliphatic carbocycles. The first-order chi connectivity index (χ1) is 14.1. The Morgan fingerprint density at radius 1 is 1.00 bits per heavy atom. The molecule has 4 rings (SSSR count). The van der Waals surface area contributed by atoms with Gasteiger partial charge in [0.1, 0.15) is 0 Å². The van der Waals surface area contributed by atoms with E-state index in [1.165, 1.54) is 4.31 Å². The van der Waals surface area contributed by atoms with Crippen LogP contribution in [0.15, 0.2) is 56.8 Å². The number of anilines is 1. The summed E-state index contributed by atoms with van der Waals surface area (Å²) in [4.78, 5) is 7.25. The Hall–Kier alpha value is -1.74. The van der Waals surface area contributed by atoms with Gasteiger partial charge in [-0.25, -0.2) is 8.42 Å². The molecule has 0 radical (unpaired) electrons. The van der Waals surface area contributed by atoms with Crippen LogP contribution in [0.1, 0.15) is 18.4 Å². The molecule has 0 spiro atoms. The number of hydrogen-bond donors (Lipinski definition) is 0. The molecule has 0 atom stereocenters. The second-order valence-corrected chi connectivity index (χ2v) is 9.93. The van der Waals surface area contributed by atoms with Gasteiger partial charge in [0.2, 0.25) is 10.0 Å². The first kappa shape index (κ1) is 20.5. The van der Waals surface area contributed by atoms with Crippen molar-refractivity contribution in [2.24, 2.45) is 4.99 Å². The van der Waals surface area contributed by atoms with Gasteiger partial charge in [-0.1, -0.05) is 34.1 Å². The molecule has 0 aromatic heterocycles. The van der Waals surface area contributed by atoms with Crippen LogP contribution in [0.3, 0.4) is 0 Å². The van der Waals surface area contributed by atoms with Gasteiger partial charge in [-0.05, 0) is 37.1 Å². The van der Waals surface area contributed by atoms with Gasteiger partial charge in [0.05, 0.1) is 29.5 Å². The van der Waals surface area contributed by atoms with Crippen molar-refractivity contribution in [2.75, 3.05) is 44.3 Å². The molecule has 2 fully saturated rings. The van der Waals surface area contributed by atoms with E-state index in [1.807, 2.05) is 30.3 Å². The number of rotatable bonds is 5. The van der Waals surface area contributed by atoms with E-state index in [9.17, 15) is 8.42 Å². The third-order valence-electron chi connectivity index (χ3n) is 5.25. The monoisotopic (exact) mass is 477 g/mol. The standard InChI is InChI=1S/C21H24BrN3O3S/c22-19-6-2-1-5-17(19)16-23-20-15-18(7-8-21(20)24-9-3-4-10-24)29(26,27)25-11-13-28-14-12-25/h1-2,5-8,15-16H,3-4,9-14H2. The lowest BCUT2D eigenvalue weighted by molar-refractivity contribution is 0.0730. The summed E-state index contributed by atoms with van der Waals surface area (Å²) in [5, 5.41) is 0. The summed E-state index contributed by atoms with van der Waals surface area (Å²) in [5.74, 6) is 0. The fourth-order valence-corrected chi connectivity index (χ4v) is 5.46. The molecule has 2 heterocycles. The van der Waals surface area contributed by atoms with Crippen LogP contribution in [-0.4, -0.2) is 58.3 Å². The smallest absolute Gasteiger partial charge is 0.243 e. The predicted octanol–water partition coefficient (Wildman–Crippen LogP) is 3.82. The fraction of sp³-hybridized carbons (Fsp3) is 0.381. The van der Waals surface area contributed by atoms with Crippen LogP contribution in [0, 0.1) is 0 Å². The number of halogens is 1. The Balaban J connectivity index is 1.72. The minimum atomic E-state index is -3.56. The van der Waals surface area contributed by atoms with E-state index in [1.54, 1.807) is 18.3 Å². The minimum absolute atomic E-state index is 0.279. The number of nitrogens with zero attached hydrogens (tertiary/aromatic N) is 3. The van der Waals surface area contributed by atoms with Crippen molar-refractivity contribution in [1.82, 2.24) is 4.31 Å². The van der Waals surface area contributed by atoms with Crippen molar-refractivity contribution >= 4 is 43.5 Å². The highest BCUT2D eigenvalue weighted by Gasteiger charge is 2.27. The van der Waals surface area contributed by atoms with Crippen molar-refractivity contribution in [3.8, 4) is 0 Å². The van der Waals surface area contributed by atoms with Crippen LogP contribution >= 0.6 is 15.9 Å².